The molecule has 0 bridgehead atoms. The van der Waals surface area contributed by atoms with E-state index < -0.39 is 0 Å². The van der Waals surface area contributed by atoms with Crippen LogP contribution in [0.2, 0.25) is 5.02 Å². The Morgan fingerprint density at radius 3 is 2.85 bits per heavy atom. The molecule has 1 atom stereocenters. The number of allylic oxidation sites excluding steroid dienone is 1. The molecule has 0 spiro atoms. The third kappa shape index (κ3) is 7.67. The molecule has 3 rings (SSSR count). The Morgan fingerprint density at radius 1 is 1.35 bits per heavy atom. The lowest BCUT2D eigenvalue weighted by Crippen LogP contribution is -2.47. The van der Waals surface area contributed by atoms with Gasteiger partial charge in [0.15, 0.2) is 0 Å². The van der Waals surface area contributed by atoms with Gasteiger partial charge in [0, 0.05) is 43.1 Å². The number of nitrogens with zero attached hydrogens (tertiary/aromatic N) is 4. The van der Waals surface area contributed by atoms with Crippen molar-refractivity contribution in [2.24, 2.45) is 9.98 Å². The third-order valence-corrected chi connectivity index (χ3v) is 5.34. The fourth-order valence-electron chi connectivity index (χ4n) is 3.58. The maximum absolute atomic E-state index is 8.68. The first-order valence-electron chi connectivity index (χ1n) is 11.8. The van der Waals surface area contributed by atoms with E-state index in [1.165, 1.54) is 0 Å². The van der Waals surface area contributed by atoms with Crippen LogP contribution in [0.4, 0.5) is 0 Å². The molecule has 1 aromatic rings. The van der Waals surface area contributed by atoms with Crippen molar-refractivity contribution in [1.82, 2.24) is 20.9 Å². The summed E-state index contributed by atoms with van der Waals surface area (Å²) in [5, 5.41) is 19.9. The van der Waals surface area contributed by atoms with Crippen molar-refractivity contribution in [1.29, 1.82) is 5.26 Å². The van der Waals surface area contributed by atoms with E-state index in [9.17, 15) is 0 Å². The summed E-state index contributed by atoms with van der Waals surface area (Å²) < 4.78 is 0. The number of nitrogens with one attached hydrogen (secondary N) is 3. The SMILES string of the molecule is CC.CC/C=C(\N=C/CC#N)NCCN=C1NC(c2ccc(Cl)cc2C)NC2=CN(C)CC=C21. The highest BCUT2D eigenvalue weighted by Gasteiger charge is 2.28. The van der Waals surface area contributed by atoms with Gasteiger partial charge in [0.2, 0.25) is 0 Å². The molecule has 8 heteroatoms. The summed E-state index contributed by atoms with van der Waals surface area (Å²) in [6.45, 7) is 10.2. The number of likely N-dealkylation sites (N-methyl/N-ethyl adjacent to an activating group) is 1. The zero-order valence-electron chi connectivity index (χ0n) is 20.8. The van der Waals surface area contributed by atoms with Crippen LogP contribution in [0.15, 0.2) is 63.6 Å². The maximum Gasteiger partial charge on any atom is 0.132 e. The van der Waals surface area contributed by atoms with Gasteiger partial charge in [-0.3, -0.25) is 4.99 Å². The first-order chi connectivity index (χ1) is 16.5. The topological polar surface area (TPSA) is 87.8 Å². The lowest BCUT2D eigenvalue weighted by molar-refractivity contribution is 0.468. The van der Waals surface area contributed by atoms with Gasteiger partial charge >= 0.3 is 0 Å². The monoisotopic (exact) mass is 481 g/mol. The van der Waals surface area contributed by atoms with Crippen molar-refractivity contribution < 1.29 is 0 Å². The van der Waals surface area contributed by atoms with Gasteiger partial charge < -0.3 is 20.9 Å². The van der Waals surface area contributed by atoms with E-state index in [0.29, 0.717) is 19.5 Å². The van der Waals surface area contributed by atoms with Gasteiger partial charge in [0.25, 0.3) is 0 Å². The van der Waals surface area contributed by atoms with E-state index in [1.54, 1.807) is 6.21 Å². The van der Waals surface area contributed by atoms with Crippen molar-refractivity contribution in [2.45, 2.75) is 46.7 Å². The summed E-state index contributed by atoms with van der Waals surface area (Å²) in [6, 6.07) is 8.00. The molecule has 2 aliphatic rings. The number of rotatable bonds is 8. The van der Waals surface area contributed by atoms with Crippen LogP contribution in [-0.2, 0) is 0 Å². The fraction of sp³-hybridized carbons (Fsp3) is 0.423. The largest absolute Gasteiger partial charge is 0.375 e. The van der Waals surface area contributed by atoms with Gasteiger partial charge in [0.1, 0.15) is 17.8 Å². The highest BCUT2D eigenvalue weighted by Crippen LogP contribution is 2.27. The second kappa shape index (κ2) is 14.1. The van der Waals surface area contributed by atoms with E-state index in [4.69, 9.17) is 21.9 Å². The second-order valence-corrected chi connectivity index (χ2v) is 8.09. The molecule has 0 saturated carbocycles. The average molecular weight is 482 g/mol. The number of fused-ring (bicyclic) bond motifs is 1. The standard InChI is InChI=1S/C24H30ClN7.C2H6/c1-4-6-22(27-11-5-10-26)28-12-13-29-23-20-9-14-32(3)16-21(20)30-24(31-23)19-8-7-18(25)15-17(19)2;1-2/h6-9,11,15-16,24,28,30H,4-5,12-14H2,1-3H3,(H,29,31);1-2H3/b22-6+,27-11-;. The molecule has 0 aromatic heterocycles. The van der Waals surface area contributed by atoms with E-state index >= 15 is 0 Å². The number of nitriles is 1. The summed E-state index contributed by atoms with van der Waals surface area (Å²) >= 11 is 6.16. The van der Waals surface area contributed by atoms with Gasteiger partial charge in [-0.05, 0) is 42.7 Å². The first kappa shape index (κ1) is 27.0. The molecule has 2 heterocycles. The summed E-state index contributed by atoms with van der Waals surface area (Å²) in [5.41, 5.74) is 4.39. The van der Waals surface area contributed by atoms with Gasteiger partial charge in [-0.15, -0.1) is 0 Å². The second-order valence-electron chi connectivity index (χ2n) is 7.65. The number of halogens is 1. The minimum absolute atomic E-state index is 0.0972. The lowest BCUT2D eigenvalue weighted by Gasteiger charge is -2.36. The molecule has 34 heavy (non-hydrogen) atoms. The number of aliphatic imine (C=N–C) groups is 2. The molecule has 0 amide bonds. The summed E-state index contributed by atoms with van der Waals surface area (Å²) in [4.78, 5) is 11.3. The Labute approximate surface area is 209 Å². The maximum atomic E-state index is 8.68. The van der Waals surface area contributed by atoms with Crippen LogP contribution < -0.4 is 16.0 Å². The Bertz CT molecular complexity index is 1010. The highest BCUT2D eigenvalue weighted by molar-refractivity contribution is 6.30. The van der Waals surface area contributed by atoms with Crippen LogP contribution in [0.3, 0.4) is 0 Å². The number of aryl methyl sites for hydroxylation is 1. The number of hydrogen-bond acceptors (Lipinski definition) is 6. The van der Waals surface area contributed by atoms with Gasteiger partial charge in [-0.25, -0.2) is 4.99 Å². The Kier molecular flexibility index (Phi) is 11.2. The number of benzene rings is 1. The molecule has 2 aliphatic heterocycles. The summed E-state index contributed by atoms with van der Waals surface area (Å²) in [6.07, 6.45) is 8.99. The van der Waals surface area contributed by atoms with E-state index in [-0.39, 0.29) is 6.17 Å². The number of amidine groups is 1. The summed E-state index contributed by atoms with van der Waals surface area (Å²) in [5.74, 6) is 1.65. The van der Waals surface area contributed by atoms with E-state index in [2.05, 4.69) is 65.1 Å². The average Bonchev–Trinajstić information content (AvgIpc) is 2.82. The normalized spacial score (nSPS) is 18.6. The lowest BCUT2D eigenvalue weighted by atomic mass is 10.00. The van der Waals surface area contributed by atoms with Gasteiger partial charge in [-0.1, -0.05) is 44.5 Å². The molecule has 3 N–H and O–H groups in total. The minimum atomic E-state index is -0.0972. The van der Waals surface area contributed by atoms with Crippen molar-refractivity contribution in [3.05, 3.63) is 69.8 Å². The molecule has 7 nitrogen and oxygen atoms in total. The van der Waals surface area contributed by atoms with Crippen molar-refractivity contribution in [2.75, 3.05) is 26.7 Å². The number of hydrogen-bond donors (Lipinski definition) is 3. The smallest absolute Gasteiger partial charge is 0.132 e. The van der Waals surface area contributed by atoms with Crippen LogP contribution in [0.1, 0.15) is 50.9 Å². The molecule has 0 radical (unpaired) electrons. The Balaban J connectivity index is 0.00000199. The van der Waals surface area contributed by atoms with Crippen molar-refractivity contribution in [3.63, 3.8) is 0 Å². The Hall–Kier alpha value is -3.24. The Morgan fingerprint density at radius 2 is 2.15 bits per heavy atom. The molecule has 1 unspecified atom stereocenters. The van der Waals surface area contributed by atoms with E-state index in [1.807, 2.05) is 38.1 Å². The fourth-order valence-corrected chi connectivity index (χ4v) is 3.81. The molecular formula is C26H36ClN7. The van der Waals surface area contributed by atoms with Gasteiger partial charge in [0.05, 0.1) is 24.7 Å². The van der Waals surface area contributed by atoms with Crippen LogP contribution >= 0.6 is 11.6 Å². The van der Waals surface area contributed by atoms with Crippen LogP contribution in [-0.4, -0.2) is 43.6 Å². The molecule has 1 aromatic carbocycles. The molecular weight excluding hydrogens is 446 g/mol. The highest BCUT2D eigenvalue weighted by atomic mass is 35.5. The van der Waals surface area contributed by atoms with Crippen LogP contribution in [0.25, 0.3) is 0 Å². The van der Waals surface area contributed by atoms with Gasteiger partial charge in [-0.2, -0.15) is 5.26 Å². The zero-order valence-corrected chi connectivity index (χ0v) is 21.6. The van der Waals surface area contributed by atoms with Crippen LogP contribution in [0, 0.1) is 18.3 Å². The van der Waals surface area contributed by atoms with Crippen molar-refractivity contribution >= 4 is 23.7 Å². The molecule has 1 saturated heterocycles. The first-order valence-corrected chi connectivity index (χ1v) is 12.2. The summed E-state index contributed by atoms with van der Waals surface area (Å²) in [7, 11) is 2.06. The quantitative estimate of drug-likeness (QED) is 0.366. The van der Waals surface area contributed by atoms with E-state index in [0.717, 1.165) is 52.0 Å². The molecule has 1 fully saturated rings. The predicted molar refractivity (Wildman–Crippen MR) is 143 cm³/mol. The molecule has 0 aliphatic carbocycles. The predicted octanol–water partition coefficient (Wildman–Crippen LogP) is 4.80. The minimum Gasteiger partial charge on any atom is -0.375 e. The molecule has 182 valence electrons. The zero-order chi connectivity index (χ0) is 24.9. The van der Waals surface area contributed by atoms with Crippen molar-refractivity contribution in [3.8, 4) is 6.07 Å². The third-order valence-electron chi connectivity index (χ3n) is 5.10. The van der Waals surface area contributed by atoms with Crippen LogP contribution in [0.5, 0.6) is 0 Å².